The number of carbonyl (C=O) groups excluding carboxylic acids is 1. The summed E-state index contributed by atoms with van der Waals surface area (Å²) < 4.78 is 13.7. The van der Waals surface area contributed by atoms with Crippen LogP contribution in [-0.2, 0) is 0 Å². The van der Waals surface area contributed by atoms with Crippen LogP contribution in [-0.4, -0.2) is 10.9 Å². The Kier molecular flexibility index (Phi) is 3.72. The first-order valence-corrected chi connectivity index (χ1v) is 6.04. The number of anilines is 1. The number of nitrogens with one attached hydrogen (secondary N) is 1. The lowest BCUT2D eigenvalue weighted by Crippen LogP contribution is -2.12. The molecule has 0 saturated carbocycles. The van der Waals surface area contributed by atoms with Gasteiger partial charge in [-0.2, -0.15) is 0 Å². The normalized spacial score (nSPS) is 10.2. The van der Waals surface area contributed by atoms with Crippen LogP contribution in [0, 0.1) is 12.7 Å². The Morgan fingerprint density at radius 3 is 2.83 bits per heavy atom. The average molecular weight is 309 g/mol. The van der Waals surface area contributed by atoms with Crippen LogP contribution in [0.3, 0.4) is 0 Å². The van der Waals surface area contributed by atoms with E-state index in [1.54, 1.807) is 31.3 Å². The Morgan fingerprint density at radius 2 is 2.11 bits per heavy atom. The van der Waals surface area contributed by atoms with E-state index < -0.39 is 5.82 Å². The largest absolute Gasteiger partial charge is 0.321 e. The van der Waals surface area contributed by atoms with Crippen LogP contribution in [0.15, 0.2) is 41.0 Å². The fourth-order valence-electron chi connectivity index (χ4n) is 1.47. The summed E-state index contributed by atoms with van der Waals surface area (Å²) in [5.74, 6) is -0.703. The molecule has 1 heterocycles. The maximum atomic E-state index is 13.1. The Morgan fingerprint density at radius 1 is 1.33 bits per heavy atom. The molecule has 0 saturated heterocycles. The van der Waals surface area contributed by atoms with Gasteiger partial charge in [0.05, 0.1) is 5.69 Å². The van der Waals surface area contributed by atoms with E-state index in [1.807, 2.05) is 0 Å². The molecule has 92 valence electrons. The highest BCUT2D eigenvalue weighted by Crippen LogP contribution is 2.23. The molecule has 0 aliphatic heterocycles. The van der Waals surface area contributed by atoms with Gasteiger partial charge in [-0.3, -0.25) is 9.78 Å². The number of rotatable bonds is 2. The van der Waals surface area contributed by atoms with Crippen molar-refractivity contribution in [3.63, 3.8) is 0 Å². The van der Waals surface area contributed by atoms with Gasteiger partial charge in [0.1, 0.15) is 5.82 Å². The van der Waals surface area contributed by atoms with Crippen molar-refractivity contribution in [1.82, 2.24) is 4.98 Å². The minimum Gasteiger partial charge on any atom is -0.321 e. The predicted molar refractivity (Wildman–Crippen MR) is 71.0 cm³/mol. The van der Waals surface area contributed by atoms with Crippen LogP contribution < -0.4 is 5.32 Å². The SMILES string of the molecule is Cc1cc(C(=O)Nc2cc(F)ccc2Br)ccn1. The van der Waals surface area contributed by atoms with Crippen molar-refractivity contribution < 1.29 is 9.18 Å². The summed E-state index contributed by atoms with van der Waals surface area (Å²) in [5.41, 5.74) is 1.63. The zero-order valence-corrected chi connectivity index (χ0v) is 11.2. The zero-order chi connectivity index (χ0) is 13.1. The molecule has 1 aromatic carbocycles. The summed E-state index contributed by atoms with van der Waals surface area (Å²) >= 11 is 3.25. The first-order valence-electron chi connectivity index (χ1n) is 5.25. The van der Waals surface area contributed by atoms with E-state index in [4.69, 9.17) is 0 Å². The van der Waals surface area contributed by atoms with E-state index >= 15 is 0 Å². The molecule has 0 spiro atoms. The number of amides is 1. The Balaban J connectivity index is 2.24. The first kappa shape index (κ1) is 12.7. The summed E-state index contributed by atoms with van der Waals surface area (Å²) in [5, 5.41) is 2.64. The van der Waals surface area contributed by atoms with E-state index in [0.29, 0.717) is 15.7 Å². The van der Waals surface area contributed by atoms with Crippen LogP contribution in [0.5, 0.6) is 0 Å². The Bertz CT molecular complexity index is 601. The molecule has 2 rings (SSSR count). The third-order valence-corrected chi connectivity index (χ3v) is 3.03. The zero-order valence-electron chi connectivity index (χ0n) is 9.58. The molecule has 0 radical (unpaired) electrons. The molecule has 0 bridgehead atoms. The fourth-order valence-corrected chi connectivity index (χ4v) is 1.82. The van der Waals surface area contributed by atoms with Crippen LogP contribution in [0.1, 0.15) is 16.1 Å². The highest BCUT2D eigenvalue weighted by Gasteiger charge is 2.09. The van der Waals surface area contributed by atoms with Gasteiger partial charge >= 0.3 is 0 Å². The van der Waals surface area contributed by atoms with E-state index in [1.165, 1.54) is 12.1 Å². The number of hydrogen-bond acceptors (Lipinski definition) is 2. The van der Waals surface area contributed by atoms with E-state index in [0.717, 1.165) is 5.69 Å². The third-order valence-electron chi connectivity index (χ3n) is 2.34. The molecular formula is C13H10BrFN2O. The lowest BCUT2D eigenvalue weighted by atomic mass is 10.2. The second-order valence-corrected chi connectivity index (χ2v) is 4.62. The second-order valence-electron chi connectivity index (χ2n) is 3.76. The average Bonchev–Trinajstić information content (AvgIpc) is 2.34. The number of nitrogens with zero attached hydrogens (tertiary/aromatic N) is 1. The minimum atomic E-state index is -0.403. The summed E-state index contributed by atoms with van der Waals surface area (Å²) in [4.78, 5) is 16.0. The number of hydrogen-bond donors (Lipinski definition) is 1. The van der Waals surface area contributed by atoms with Gasteiger partial charge in [0, 0.05) is 21.9 Å². The number of aromatic nitrogens is 1. The van der Waals surface area contributed by atoms with Gasteiger partial charge in [-0.1, -0.05) is 0 Å². The number of benzene rings is 1. The molecule has 1 amide bonds. The molecule has 18 heavy (non-hydrogen) atoms. The smallest absolute Gasteiger partial charge is 0.255 e. The number of carbonyl (C=O) groups is 1. The van der Waals surface area contributed by atoms with Gasteiger partial charge in [-0.25, -0.2) is 4.39 Å². The van der Waals surface area contributed by atoms with Crippen molar-refractivity contribution in [3.05, 3.63) is 58.1 Å². The van der Waals surface area contributed by atoms with Crippen molar-refractivity contribution in [3.8, 4) is 0 Å². The summed E-state index contributed by atoms with van der Waals surface area (Å²) in [7, 11) is 0. The van der Waals surface area contributed by atoms with Crippen LogP contribution >= 0.6 is 15.9 Å². The minimum absolute atomic E-state index is 0.299. The maximum absolute atomic E-state index is 13.1. The van der Waals surface area contributed by atoms with E-state index in [-0.39, 0.29) is 5.91 Å². The van der Waals surface area contributed by atoms with Gasteiger partial charge in [0.25, 0.3) is 5.91 Å². The summed E-state index contributed by atoms with van der Waals surface area (Å²) in [6.07, 6.45) is 1.56. The molecule has 1 N–H and O–H groups in total. The van der Waals surface area contributed by atoms with Gasteiger partial charge in [-0.15, -0.1) is 0 Å². The summed E-state index contributed by atoms with van der Waals surface area (Å²) in [6, 6.07) is 7.40. The molecule has 5 heteroatoms. The lowest BCUT2D eigenvalue weighted by Gasteiger charge is -2.07. The van der Waals surface area contributed by atoms with E-state index in [2.05, 4.69) is 26.2 Å². The van der Waals surface area contributed by atoms with E-state index in [9.17, 15) is 9.18 Å². The molecule has 0 aliphatic rings. The summed E-state index contributed by atoms with van der Waals surface area (Å²) in [6.45, 7) is 1.80. The third kappa shape index (κ3) is 2.92. The van der Waals surface area contributed by atoms with Gasteiger partial charge in [0.2, 0.25) is 0 Å². The quantitative estimate of drug-likeness (QED) is 0.922. The highest BCUT2D eigenvalue weighted by molar-refractivity contribution is 9.10. The van der Waals surface area contributed by atoms with Gasteiger partial charge in [-0.05, 0) is 53.2 Å². The fraction of sp³-hybridized carbons (Fsp3) is 0.0769. The molecule has 0 aliphatic carbocycles. The van der Waals surface area contributed by atoms with Gasteiger partial charge in [0.15, 0.2) is 0 Å². The number of halogens is 2. The van der Waals surface area contributed by atoms with Gasteiger partial charge < -0.3 is 5.32 Å². The molecule has 0 fully saturated rings. The van der Waals surface area contributed by atoms with Crippen LogP contribution in [0.25, 0.3) is 0 Å². The van der Waals surface area contributed by atoms with Crippen molar-refractivity contribution >= 4 is 27.5 Å². The van der Waals surface area contributed by atoms with Crippen LogP contribution in [0.4, 0.5) is 10.1 Å². The Hall–Kier alpha value is -1.75. The number of aryl methyl sites for hydroxylation is 1. The molecule has 3 nitrogen and oxygen atoms in total. The first-order chi connectivity index (χ1) is 8.56. The molecule has 1 aromatic heterocycles. The topological polar surface area (TPSA) is 42.0 Å². The van der Waals surface area contributed by atoms with Crippen molar-refractivity contribution in [2.24, 2.45) is 0 Å². The standard InChI is InChI=1S/C13H10BrFN2O/c1-8-6-9(4-5-16-8)13(18)17-12-7-10(15)2-3-11(12)14/h2-7H,1H3,(H,17,18). The van der Waals surface area contributed by atoms with Crippen molar-refractivity contribution in [1.29, 1.82) is 0 Å². The molecule has 2 aromatic rings. The monoisotopic (exact) mass is 308 g/mol. The lowest BCUT2D eigenvalue weighted by molar-refractivity contribution is 0.102. The number of pyridine rings is 1. The predicted octanol–water partition coefficient (Wildman–Crippen LogP) is 3.54. The van der Waals surface area contributed by atoms with Crippen molar-refractivity contribution in [2.45, 2.75) is 6.92 Å². The second kappa shape index (κ2) is 5.27. The Labute approximate surface area is 112 Å². The van der Waals surface area contributed by atoms with Crippen molar-refractivity contribution in [2.75, 3.05) is 5.32 Å². The van der Waals surface area contributed by atoms with Crippen LogP contribution in [0.2, 0.25) is 0 Å². The molecular weight excluding hydrogens is 299 g/mol. The molecule has 0 atom stereocenters. The maximum Gasteiger partial charge on any atom is 0.255 e. The molecule has 0 unspecified atom stereocenters. The highest BCUT2D eigenvalue weighted by atomic mass is 79.9.